The van der Waals surface area contributed by atoms with Crippen LogP contribution in [0.15, 0.2) is 76.1 Å². The molecule has 0 radical (unpaired) electrons. The van der Waals surface area contributed by atoms with Crippen LogP contribution in [0.4, 0.5) is 5.69 Å². The topological polar surface area (TPSA) is 54.5 Å². The van der Waals surface area contributed by atoms with Crippen LogP contribution < -0.4 is 4.31 Å². The van der Waals surface area contributed by atoms with Gasteiger partial charge in [-0.05, 0) is 73.5 Å². The van der Waals surface area contributed by atoms with Gasteiger partial charge in [-0.25, -0.2) is 8.42 Å². The zero-order chi connectivity index (χ0) is 20.5. The van der Waals surface area contributed by atoms with Gasteiger partial charge in [0.2, 0.25) is 0 Å². The van der Waals surface area contributed by atoms with E-state index in [1.54, 1.807) is 43.3 Å². The van der Waals surface area contributed by atoms with Gasteiger partial charge in [0, 0.05) is 15.1 Å². The minimum atomic E-state index is -4.16. The van der Waals surface area contributed by atoms with E-state index < -0.39 is 15.9 Å². The molecule has 28 heavy (non-hydrogen) atoms. The molecule has 0 aliphatic heterocycles. The minimum Gasteiger partial charge on any atom is -0.268 e. The Labute approximate surface area is 177 Å². The van der Waals surface area contributed by atoms with Crippen LogP contribution in [0.25, 0.3) is 0 Å². The fraction of sp³-hybridized carbons (Fsp3) is 0.0952. The van der Waals surface area contributed by atoms with E-state index in [0.29, 0.717) is 20.7 Å². The van der Waals surface area contributed by atoms with Crippen LogP contribution in [-0.2, 0) is 10.0 Å². The first kappa shape index (κ1) is 20.6. The second kappa shape index (κ2) is 8.07. The summed E-state index contributed by atoms with van der Waals surface area (Å²) in [6, 6.07) is 17.8. The van der Waals surface area contributed by atoms with Crippen molar-refractivity contribution in [2.24, 2.45) is 0 Å². The highest BCUT2D eigenvalue weighted by Crippen LogP contribution is 2.30. The summed E-state index contributed by atoms with van der Waals surface area (Å²) in [7, 11) is -4.16. The Morgan fingerprint density at radius 1 is 0.964 bits per heavy atom. The number of halogens is 2. The van der Waals surface area contributed by atoms with E-state index in [4.69, 9.17) is 11.6 Å². The van der Waals surface area contributed by atoms with Gasteiger partial charge in [0.1, 0.15) is 0 Å². The van der Waals surface area contributed by atoms with Crippen LogP contribution in [-0.4, -0.2) is 14.3 Å². The standard InChI is InChI=1S/C21H17BrClNO3S/c1-14-6-7-15(2)20(12-14)24(21(25)16-4-3-5-17(22)13-16)28(26,27)19-10-8-18(23)9-11-19/h3-13H,1-2H3. The number of nitrogens with zero attached hydrogens (tertiary/aromatic N) is 1. The number of rotatable bonds is 4. The zero-order valence-electron chi connectivity index (χ0n) is 15.2. The Bertz CT molecular complexity index is 1140. The van der Waals surface area contributed by atoms with Gasteiger partial charge in [-0.3, -0.25) is 4.79 Å². The number of carbonyl (C=O) groups is 1. The zero-order valence-corrected chi connectivity index (χ0v) is 18.3. The molecule has 3 rings (SSSR count). The molecule has 0 aliphatic carbocycles. The number of anilines is 1. The Balaban J connectivity index is 2.24. The Morgan fingerprint density at radius 2 is 1.64 bits per heavy atom. The average Bonchev–Trinajstić information content (AvgIpc) is 2.65. The van der Waals surface area contributed by atoms with E-state index in [2.05, 4.69) is 15.9 Å². The van der Waals surface area contributed by atoms with Crippen molar-refractivity contribution < 1.29 is 13.2 Å². The molecule has 0 aliphatic rings. The molecule has 7 heteroatoms. The highest BCUT2D eigenvalue weighted by molar-refractivity contribution is 9.10. The minimum absolute atomic E-state index is 0.0128. The molecule has 3 aromatic rings. The summed E-state index contributed by atoms with van der Waals surface area (Å²) in [6.45, 7) is 3.62. The van der Waals surface area contributed by atoms with Crippen molar-refractivity contribution in [1.29, 1.82) is 0 Å². The first-order chi connectivity index (χ1) is 13.2. The average molecular weight is 479 g/mol. The van der Waals surface area contributed by atoms with Crippen molar-refractivity contribution in [3.63, 3.8) is 0 Å². The second-order valence-electron chi connectivity index (χ2n) is 6.33. The molecule has 144 valence electrons. The number of hydrogen-bond donors (Lipinski definition) is 0. The molecular formula is C21H17BrClNO3S. The molecular weight excluding hydrogens is 462 g/mol. The first-order valence-electron chi connectivity index (χ1n) is 8.38. The maximum absolute atomic E-state index is 13.5. The van der Waals surface area contributed by atoms with E-state index in [1.807, 2.05) is 13.0 Å². The third kappa shape index (κ3) is 4.14. The summed E-state index contributed by atoms with van der Waals surface area (Å²) in [4.78, 5) is 13.3. The fourth-order valence-corrected chi connectivity index (χ4v) is 4.73. The van der Waals surface area contributed by atoms with Crippen LogP contribution in [0.3, 0.4) is 0 Å². The molecule has 0 atom stereocenters. The molecule has 0 saturated carbocycles. The molecule has 0 aromatic heterocycles. The maximum atomic E-state index is 13.5. The summed E-state index contributed by atoms with van der Waals surface area (Å²) in [5.74, 6) is -0.634. The van der Waals surface area contributed by atoms with Gasteiger partial charge in [0.05, 0.1) is 10.6 Å². The molecule has 4 nitrogen and oxygen atoms in total. The number of hydrogen-bond acceptors (Lipinski definition) is 3. The summed E-state index contributed by atoms with van der Waals surface area (Å²) in [6.07, 6.45) is 0. The first-order valence-corrected chi connectivity index (χ1v) is 11.0. The van der Waals surface area contributed by atoms with Gasteiger partial charge in [0.15, 0.2) is 0 Å². The van der Waals surface area contributed by atoms with Crippen LogP contribution in [0.2, 0.25) is 5.02 Å². The lowest BCUT2D eigenvalue weighted by atomic mass is 10.1. The molecule has 0 fully saturated rings. The van der Waals surface area contributed by atoms with Crippen molar-refractivity contribution in [3.05, 3.63) is 92.9 Å². The Kier molecular flexibility index (Phi) is 5.93. The van der Waals surface area contributed by atoms with Gasteiger partial charge in [-0.2, -0.15) is 4.31 Å². The number of carbonyl (C=O) groups excluding carboxylic acids is 1. The van der Waals surface area contributed by atoms with Gasteiger partial charge in [-0.1, -0.05) is 45.7 Å². The third-order valence-electron chi connectivity index (χ3n) is 4.19. The van der Waals surface area contributed by atoms with Gasteiger partial charge in [0.25, 0.3) is 15.9 Å². The number of amides is 1. The van der Waals surface area contributed by atoms with Gasteiger partial charge >= 0.3 is 0 Å². The van der Waals surface area contributed by atoms with Crippen LogP contribution >= 0.6 is 27.5 Å². The van der Waals surface area contributed by atoms with Crippen molar-refractivity contribution >= 4 is 49.1 Å². The number of aryl methyl sites for hydroxylation is 2. The van der Waals surface area contributed by atoms with Crippen molar-refractivity contribution in [3.8, 4) is 0 Å². The summed E-state index contributed by atoms with van der Waals surface area (Å²) in [5.41, 5.74) is 2.10. The van der Waals surface area contributed by atoms with Crippen LogP contribution in [0, 0.1) is 13.8 Å². The number of sulfonamides is 1. The summed E-state index contributed by atoms with van der Waals surface area (Å²) >= 11 is 9.23. The largest absolute Gasteiger partial charge is 0.272 e. The SMILES string of the molecule is Cc1ccc(C)c(N(C(=O)c2cccc(Br)c2)S(=O)(=O)c2ccc(Cl)cc2)c1. The predicted molar refractivity (Wildman–Crippen MR) is 116 cm³/mol. The van der Waals surface area contributed by atoms with E-state index in [0.717, 1.165) is 9.87 Å². The molecule has 0 unspecified atom stereocenters. The monoisotopic (exact) mass is 477 g/mol. The van der Waals surface area contributed by atoms with E-state index in [-0.39, 0.29) is 10.5 Å². The van der Waals surface area contributed by atoms with Gasteiger partial charge < -0.3 is 0 Å². The van der Waals surface area contributed by atoms with Crippen molar-refractivity contribution in [2.45, 2.75) is 18.7 Å². The molecule has 0 bridgehead atoms. The quantitative estimate of drug-likeness (QED) is 0.479. The highest BCUT2D eigenvalue weighted by atomic mass is 79.9. The Hall–Kier alpha value is -2.15. The normalized spacial score (nSPS) is 11.3. The van der Waals surface area contributed by atoms with Crippen LogP contribution in [0.1, 0.15) is 21.5 Å². The third-order valence-corrected chi connectivity index (χ3v) is 6.65. The maximum Gasteiger partial charge on any atom is 0.272 e. The molecule has 1 amide bonds. The highest BCUT2D eigenvalue weighted by Gasteiger charge is 2.33. The lowest BCUT2D eigenvalue weighted by molar-refractivity contribution is 0.100. The summed E-state index contributed by atoms with van der Waals surface area (Å²) < 4.78 is 28.5. The smallest absolute Gasteiger partial charge is 0.268 e. The lowest BCUT2D eigenvalue weighted by Gasteiger charge is -2.25. The second-order valence-corrected chi connectivity index (χ2v) is 9.47. The molecule has 0 saturated heterocycles. The van der Waals surface area contributed by atoms with Gasteiger partial charge in [-0.15, -0.1) is 0 Å². The van der Waals surface area contributed by atoms with E-state index in [9.17, 15) is 13.2 Å². The fourth-order valence-electron chi connectivity index (χ4n) is 2.74. The van der Waals surface area contributed by atoms with E-state index >= 15 is 0 Å². The number of benzene rings is 3. The predicted octanol–water partition coefficient (Wildman–Crippen LogP) is 5.76. The Morgan fingerprint density at radius 3 is 2.29 bits per heavy atom. The molecule has 0 heterocycles. The van der Waals surface area contributed by atoms with Crippen molar-refractivity contribution in [2.75, 3.05) is 4.31 Å². The van der Waals surface area contributed by atoms with Crippen molar-refractivity contribution in [1.82, 2.24) is 0 Å². The lowest BCUT2D eigenvalue weighted by Crippen LogP contribution is -2.37. The molecule has 3 aromatic carbocycles. The molecule has 0 spiro atoms. The summed E-state index contributed by atoms with van der Waals surface area (Å²) in [5, 5.41) is 0.413. The van der Waals surface area contributed by atoms with Crippen LogP contribution in [0.5, 0.6) is 0 Å². The molecule has 0 N–H and O–H groups in total. The van der Waals surface area contributed by atoms with E-state index in [1.165, 1.54) is 24.3 Å².